The van der Waals surface area contributed by atoms with Crippen LogP contribution in [0.5, 0.6) is 5.75 Å². The molecule has 0 saturated heterocycles. The maximum absolute atomic E-state index is 8.87. The van der Waals surface area contributed by atoms with Crippen LogP contribution in [0.3, 0.4) is 0 Å². The Bertz CT molecular complexity index is 584. The van der Waals surface area contributed by atoms with E-state index in [0.717, 1.165) is 0 Å². The van der Waals surface area contributed by atoms with Crippen molar-refractivity contribution < 1.29 is 9.47 Å². The van der Waals surface area contributed by atoms with E-state index in [1.807, 2.05) is 6.07 Å². The minimum absolute atomic E-state index is 0.0954. The van der Waals surface area contributed by atoms with Gasteiger partial charge in [-0.3, -0.25) is 0 Å². The first-order chi connectivity index (χ1) is 8.82. The van der Waals surface area contributed by atoms with E-state index in [1.54, 1.807) is 12.1 Å². The molecule has 1 atom stereocenters. The van der Waals surface area contributed by atoms with E-state index in [4.69, 9.17) is 72.7 Å². The van der Waals surface area contributed by atoms with Gasteiger partial charge in [0.25, 0.3) is 10.1 Å². The van der Waals surface area contributed by atoms with Crippen molar-refractivity contribution in [2.75, 3.05) is 0 Å². The molecule has 1 heterocycles. The highest BCUT2D eigenvalue weighted by Crippen LogP contribution is 2.44. The molecule has 2 rings (SSSR count). The van der Waals surface area contributed by atoms with Gasteiger partial charge in [0.15, 0.2) is 5.76 Å². The number of ether oxygens (including phenoxy) is 2. The summed E-state index contributed by atoms with van der Waals surface area (Å²) in [4.78, 5) is 0. The second-order valence-corrected chi connectivity index (χ2v) is 6.84. The Labute approximate surface area is 134 Å². The fraction of sp³-hybridized carbons (Fsp3) is 0.182. The van der Waals surface area contributed by atoms with Gasteiger partial charge in [-0.05, 0) is 18.2 Å². The van der Waals surface area contributed by atoms with Gasteiger partial charge in [0, 0.05) is 0 Å². The first kappa shape index (κ1) is 14.9. The number of halogens is 5. The third-order valence-electron chi connectivity index (χ3n) is 2.25. The third-order valence-corrected chi connectivity index (χ3v) is 3.13. The molecule has 1 aliphatic rings. The van der Waals surface area contributed by atoms with Crippen LogP contribution in [0.25, 0.3) is 5.76 Å². The average molecular weight is 359 g/mol. The molecule has 0 amide bonds. The Kier molecular flexibility index (Phi) is 4.29. The van der Waals surface area contributed by atoms with Crippen LogP contribution >= 0.6 is 58.0 Å². The lowest BCUT2D eigenvalue weighted by atomic mass is 10.1. The normalized spacial score (nSPS) is 17.9. The maximum atomic E-state index is 8.87. The fourth-order valence-electron chi connectivity index (χ4n) is 1.47. The van der Waals surface area contributed by atoms with Gasteiger partial charge in [-0.15, -0.1) is 0 Å². The molecule has 0 aliphatic carbocycles. The van der Waals surface area contributed by atoms with Crippen molar-refractivity contribution in [3.63, 3.8) is 0 Å². The smallest absolute Gasteiger partial charge is 0.288 e. The van der Waals surface area contributed by atoms with Crippen LogP contribution in [0.2, 0.25) is 0 Å². The largest absolute Gasteiger partial charge is 0.450 e. The molecule has 0 radical (unpaired) electrons. The average Bonchev–Trinajstić information content (AvgIpc) is 2.35. The molecule has 0 saturated carbocycles. The summed E-state index contributed by atoms with van der Waals surface area (Å²) in [5, 5.41) is 8.87. The summed E-state index contributed by atoms with van der Waals surface area (Å²) in [5.41, 5.74) is 0.815. The van der Waals surface area contributed by atoms with Crippen molar-refractivity contribution in [2.24, 2.45) is 0 Å². The summed E-state index contributed by atoms with van der Waals surface area (Å²) in [6.45, 7) is 0. The van der Waals surface area contributed by atoms with Crippen LogP contribution < -0.4 is 4.74 Å². The Balaban J connectivity index is 2.54. The van der Waals surface area contributed by atoms with Crippen molar-refractivity contribution in [1.29, 1.82) is 5.26 Å². The Morgan fingerprint density at radius 3 is 2.42 bits per heavy atom. The summed E-state index contributed by atoms with van der Waals surface area (Å²) in [7, 11) is 0. The predicted octanol–water partition coefficient (Wildman–Crippen LogP) is 4.77. The van der Waals surface area contributed by atoms with Crippen LogP contribution in [-0.2, 0) is 4.74 Å². The van der Waals surface area contributed by atoms with E-state index in [-0.39, 0.29) is 10.3 Å². The van der Waals surface area contributed by atoms with Gasteiger partial charge >= 0.3 is 0 Å². The molecular formula is C11H4Cl5NO2. The molecule has 0 aromatic heterocycles. The number of fused-ring (bicyclic) bond motifs is 1. The van der Waals surface area contributed by atoms with Gasteiger partial charge < -0.3 is 9.47 Å². The number of nitriles is 1. The minimum Gasteiger partial charge on any atom is -0.450 e. The standard InChI is InChI=1S/C11H4Cl5NO2/c12-9(13)8-6-3-5(4-17)1-2-7(6)18-10(19-8)11(14,15)16/h1-3,10H. The molecule has 3 nitrogen and oxygen atoms in total. The van der Waals surface area contributed by atoms with Gasteiger partial charge in [0.2, 0.25) is 0 Å². The quantitative estimate of drug-likeness (QED) is 0.627. The molecule has 0 bridgehead atoms. The van der Waals surface area contributed by atoms with Crippen molar-refractivity contribution in [3.8, 4) is 11.8 Å². The number of hydrogen-bond acceptors (Lipinski definition) is 3. The summed E-state index contributed by atoms with van der Waals surface area (Å²) >= 11 is 28.7. The molecule has 8 heteroatoms. The number of benzene rings is 1. The fourth-order valence-corrected chi connectivity index (χ4v) is 2.03. The molecule has 1 aromatic rings. The monoisotopic (exact) mass is 357 g/mol. The minimum atomic E-state index is -1.82. The molecular weight excluding hydrogens is 355 g/mol. The van der Waals surface area contributed by atoms with Gasteiger partial charge in [0.05, 0.1) is 17.2 Å². The highest BCUT2D eigenvalue weighted by atomic mass is 35.6. The summed E-state index contributed by atoms with van der Waals surface area (Å²) < 4.78 is 8.75. The number of nitrogens with zero attached hydrogens (tertiary/aromatic N) is 1. The molecule has 19 heavy (non-hydrogen) atoms. The van der Waals surface area contributed by atoms with E-state index in [2.05, 4.69) is 0 Å². The van der Waals surface area contributed by atoms with Gasteiger partial charge in [0.1, 0.15) is 10.2 Å². The van der Waals surface area contributed by atoms with Crippen molar-refractivity contribution in [1.82, 2.24) is 0 Å². The summed E-state index contributed by atoms with van der Waals surface area (Å²) in [5.74, 6) is 0.452. The van der Waals surface area contributed by atoms with Crippen LogP contribution in [0, 0.1) is 11.3 Å². The summed E-state index contributed by atoms with van der Waals surface area (Å²) in [6.07, 6.45) is -1.19. The molecule has 1 unspecified atom stereocenters. The highest BCUT2D eigenvalue weighted by Gasteiger charge is 2.41. The van der Waals surface area contributed by atoms with Crippen LogP contribution in [0.1, 0.15) is 11.1 Å². The van der Waals surface area contributed by atoms with Crippen molar-refractivity contribution in [2.45, 2.75) is 10.1 Å². The Morgan fingerprint density at radius 1 is 1.21 bits per heavy atom. The first-order valence-electron chi connectivity index (χ1n) is 4.82. The van der Waals surface area contributed by atoms with Crippen LogP contribution in [0.4, 0.5) is 0 Å². The second-order valence-electron chi connectivity index (χ2n) is 3.52. The summed E-state index contributed by atoms with van der Waals surface area (Å²) in [6, 6.07) is 6.60. The Hall–Kier alpha value is -0.500. The van der Waals surface area contributed by atoms with E-state index in [1.165, 1.54) is 6.07 Å². The van der Waals surface area contributed by atoms with Gasteiger partial charge in [-0.1, -0.05) is 58.0 Å². The second kappa shape index (κ2) is 5.47. The number of hydrogen-bond donors (Lipinski definition) is 0. The van der Waals surface area contributed by atoms with E-state index in [9.17, 15) is 0 Å². The van der Waals surface area contributed by atoms with E-state index >= 15 is 0 Å². The van der Waals surface area contributed by atoms with Gasteiger partial charge in [-0.2, -0.15) is 5.26 Å². The molecule has 0 N–H and O–H groups in total. The van der Waals surface area contributed by atoms with Crippen molar-refractivity contribution >= 4 is 63.8 Å². The predicted molar refractivity (Wildman–Crippen MR) is 75.6 cm³/mol. The van der Waals surface area contributed by atoms with Crippen LogP contribution in [-0.4, -0.2) is 10.1 Å². The number of alkyl halides is 3. The molecule has 100 valence electrons. The van der Waals surface area contributed by atoms with Crippen molar-refractivity contribution in [3.05, 3.63) is 33.8 Å². The SMILES string of the molecule is N#Cc1ccc2c(c1)C(=C(Cl)Cl)OC(C(Cl)(Cl)Cl)O2. The number of rotatable bonds is 0. The lowest BCUT2D eigenvalue weighted by molar-refractivity contribution is -0.0248. The van der Waals surface area contributed by atoms with Crippen LogP contribution in [0.15, 0.2) is 22.7 Å². The lowest BCUT2D eigenvalue weighted by Crippen LogP contribution is -2.36. The molecule has 0 spiro atoms. The zero-order chi connectivity index (χ0) is 14.2. The first-order valence-corrected chi connectivity index (χ1v) is 6.71. The zero-order valence-electron chi connectivity index (χ0n) is 8.96. The van der Waals surface area contributed by atoms with Gasteiger partial charge in [-0.25, -0.2) is 0 Å². The molecule has 1 aromatic carbocycles. The van der Waals surface area contributed by atoms with E-state index in [0.29, 0.717) is 16.9 Å². The zero-order valence-corrected chi connectivity index (χ0v) is 12.7. The topological polar surface area (TPSA) is 42.2 Å². The highest BCUT2D eigenvalue weighted by molar-refractivity contribution is 6.68. The van der Waals surface area contributed by atoms with E-state index < -0.39 is 10.1 Å². The molecule has 1 aliphatic heterocycles. The third kappa shape index (κ3) is 3.16. The lowest BCUT2D eigenvalue weighted by Gasteiger charge is -2.32. The molecule has 0 fully saturated rings. The maximum Gasteiger partial charge on any atom is 0.288 e. The Morgan fingerprint density at radius 2 is 1.89 bits per heavy atom.